The second-order valence-corrected chi connectivity index (χ2v) is 6.42. The fourth-order valence-corrected chi connectivity index (χ4v) is 3.37. The molecule has 0 spiro atoms. The monoisotopic (exact) mass is 303 g/mol. The summed E-state index contributed by atoms with van der Waals surface area (Å²) in [7, 11) is 0. The molecule has 2 rings (SSSR count). The van der Waals surface area contributed by atoms with Crippen molar-refractivity contribution in [3.8, 4) is 0 Å². The summed E-state index contributed by atoms with van der Waals surface area (Å²) >= 11 is 13.0. The molecule has 6 heteroatoms. The lowest BCUT2D eigenvalue weighted by Gasteiger charge is -2.17. The molecule has 0 N–H and O–H groups in total. The molecular formula is C12H11Cl2NO2S. The third kappa shape index (κ3) is 3.19. The van der Waals surface area contributed by atoms with E-state index in [0.29, 0.717) is 28.7 Å². The molecule has 1 amide bonds. The number of thioether (sulfide) groups is 1. The third-order valence-electron chi connectivity index (χ3n) is 2.58. The summed E-state index contributed by atoms with van der Waals surface area (Å²) in [6.07, 6.45) is 0.369. The third-order valence-corrected chi connectivity index (χ3v) is 4.00. The Morgan fingerprint density at radius 2 is 1.94 bits per heavy atom. The van der Waals surface area contributed by atoms with E-state index in [4.69, 9.17) is 23.2 Å². The highest BCUT2D eigenvalue weighted by molar-refractivity contribution is 8.14. The van der Waals surface area contributed by atoms with Gasteiger partial charge in [-0.25, -0.2) is 0 Å². The van der Waals surface area contributed by atoms with Gasteiger partial charge in [-0.15, -0.1) is 0 Å². The van der Waals surface area contributed by atoms with E-state index >= 15 is 0 Å². The summed E-state index contributed by atoms with van der Waals surface area (Å²) in [6, 6.07) is 5.02. The SMILES string of the molecule is CC(=O)SC1CC(=O)N(c2cc(Cl)cc(Cl)c2)C1. The Labute approximate surface area is 119 Å². The molecule has 1 aromatic carbocycles. The lowest BCUT2D eigenvalue weighted by molar-refractivity contribution is -0.117. The van der Waals surface area contributed by atoms with Crippen LogP contribution in [0.3, 0.4) is 0 Å². The number of rotatable bonds is 2. The van der Waals surface area contributed by atoms with Crippen molar-refractivity contribution in [2.45, 2.75) is 18.6 Å². The number of benzene rings is 1. The van der Waals surface area contributed by atoms with Crippen molar-refractivity contribution in [3.05, 3.63) is 28.2 Å². The zero-order valence-corrected chi connectivity index (χ0v) is 12.0. The van der Waals surface area contributed by atoms with Crippen LogP contribution >= 0.6 is 35.0 Å². The van der Waals surface area contributed by atoms with Crippen molar-refractivity contribution in [1.82, 2.24) is 0 Å². The minimum Gasteiger partial charge on any atom is -0.311 e. The second kappa shape index (κ2) is 5.51. The Bertz CT molecular complexity index is 487. The van der Waals surface area contributed by atoms with Crippen LogP contribution in [0.1, 0.15) is 13.3 Å². The molecule has 1 aliphatic heterocycles. The molecule has 0 bridgehead atoms. The largest absolute Gasteiger partial charge is 0.311 e. The van der Waals surface area contributed by atoms with E-state index in [0.717, 1.165) is 0 Å². The summed E-state index contributed by atoms with van der Waals surface area (Å²) in [5.41, 5.74) is 0.684. The lowest BCUT2D eigenvalue weighted by Crippen LogP contribution is -2.24. The molecule has 1 heterocycles. The molecule has 0 saturated carbocycles. The molecular weight excluding hydrogens is 293 g/mol. The molecule has 0 aromatic heterocycles. The van der Waals surface area contributed by atoms with E-state index in [-0.39, 0.29) is 16.3 Å². The van der Waals surface area contributed by atoms with Crippen LogP contribution < -0.4 is 4.90 Å². The van der Waals surface area contributed by atoms with Gasteiger partial charge in [-0.3, -0.25) is 9.59 Å². The van der Waals surface area contributed by atoms with E-state index < -0.39 is 0 Å². The first-order chi connectivity index (χ1) is 8.45. The van der Waals surface area contributed by atoms with Crippen molar-refractivity contribution in [1.29, 1.82) is 0 Å². The van der Waals surface area contributed by atoms with Crippen LogP contribution in [-0.4, -0.2) is 22.8 Å². The Hall–Kier alpha value is -0.710. The van der Waals surface area contributed by atoms with Gasteiger partial charge < -0.3 is 4.90 Å². The number of anilines is 1. The number of nitrogens with zero attached hydrogens (tertiary/aromatic N) is 1. The van der Waals surface area contributed by atoms with Crippen molar-refractivity contribution in [2.24, 2.45) is 0 Å². The van der Waals surface area contributed by atoms with Crippen LogP contribution in [0, 0.1) is 0 Å². The molecule has 1 atom stereocenters. The van der Waals surface area contributed by atoms with E-state index in [1.807, 2.05) is 0 Å². The predicted molar refractivity (Wildman–Crippen MR) is 75.5 cm³/mol. The van der Waals surface area contributed by atoms with Crippen LogP contribution in [0.4, 0.5) is 5.69 Å². The van der Waals surface area contributed by atoms with Gasteiger partial charge >= 0.3 is 0 Å². The maximum atomic E-state index is 11.9. The Kier molecular flexibility index (Phi) is 4.20. The van der Waals surface area contributed by atoms with Gasteiger partial charge in [-0.1, -0.05) is 35.0 Å². The molecule has 1 saturated heterocycles. The van der Waals surface area contributed by atoms with Gasteiger partial charge in [-0.2, -0.15) is 0 Å². The molecule has 0 radical (unpaired) electrons. The minimum atomic E-state index is -0.00733. The van der Waals surface area contributed by atoms with Gasteiger partial charge in [0.1, 0.15) is 0 Å². The Morgan fingerprint density at radius 3 is 2.50 bits per heavy atom. The average Bonchev–Trinajstić information content (AvgIpc) is 2.56. The first-order valence-corrected chi connectivity index (χ1v) is 7.03. The van der Waals surface area contributed by atoms with Gasteiger partial charge in [0, 0.05) is 40.9 Å². The second-order valence-electron chi connectivity index (χ2n) is 4.07. The summed E-state index contributed by atoms with van der Waals surface area (Å²) < 4.78 is 0. The van der Waals surface area contributed by atoms with Crippen molar-refractivity contribution >= 4 is 51.7 Å². The summed E-state index contributed by atoms with van der Waals surface area (Å²) in [5, 5.41) is 1.02. The number of amides is 1. The van der Waals surface area contributed by atoms with E-state index in [2.05, 4.69) is 0 Å². The maximum absolute atomic E-state index is 11.9. The number of halogens is 2. The highest BCUT2D eigenvalue weighted by Gasteiger charge is 2.32. The normalized spacial score (nSPS) is 19.4. The van der Waals surface area contributed by atoms with Gasteiger partial charge in [-0.05, 0) is 18.2 Å². The highest BCUT2D eigenvalue weighted by atomic mass is 35.5. The van der Waals surface area contributed by atoms with Gasteiger partial charge in [0.2, 0.25) is 5.91 Å². The summed E-state index contributed by atoms with van der Waals surface area (Å²) in [6.45, 7) is 2.02. The minimum absolute atomic E-state index is 0.00718. The van der Waals surface area contributed by atoms with E-state index in [9.17, 15) is 9.59 Å². The Morgan fingerprint density at radius 1 is 1.33 bits per heavy atom. The standard InChI is InChI=1S/C12H11Cl2NO2S/c1-7(16)18-11-5-12(17)15(6-11)10-3-8(13)2-9(14)4-10/h2-4,11H,5-6H2,1H3. The van der Waals surface area contributed by atoms with Crippen molar-refractivity contribution < 1.29 is 9.59 Å². The van der Waals surface area contributed by atoms with Crippen LogP contribution in [0.15, 0.2) is 18.2 Å². The summed E-state index contributed by atoms with van der Waals surface area (Å²) in [5.74, 6) is -0.00733. The van der Waals surface area contributed by atoms with Crippen LogP contribution in [0.5, 0.6) is 0 Å². The number of hydrogen-bond acceptors (Lipinski definition) is 3. The fourth-order valence-electron chi connectivity index (χ4n) is 1.93. The van der Waals surface area contributed by atoms with Gasteiger partial charge in [0.15, 0.2) is 5.12 Å². The molecule has 1 unspecified atom stereocenters. The van der Waals surface area contributed by atoms with Crippen molar-refractivity contribution in [2.75, 3.05) is 11.4 Å². The fraction of sp³-hybridized carbons (Fsp3) is 0.333. The Balaban J connectivity index is 2.18. The van der Waals surface area contributed by atoms with Crippen LogP contribution in [0.2, 0.25) is 10.0 Å². The summed E-state index contributed by atoms with van der Waals surface area (Å²) in [4.78, 5) is 24.6. The molecule has 1 aliphatic rings. The predicted octanol–water partition coefficient (Wildman–Crippen LogP) is 3.38. The number of carbonyl (C=O) groups excluding carboxylic acids is 2. The number of hydrogen-bond donors (Lipinski definition) is 0. The lowest BCUT2D eigenvalue weighted by atomic mass is 10.3. The van der Waals surface area contributed by atoms with Crippen molar-refractivity contribution in [3.63, 3.8) is 0 Å². The first kappa shape index (κ1) is 13.7. The molecule has 18 heavy (non-hydrogen) atoms. The van der Waals surface area contributed by atoms with Crippen LogP contribution in [0.25, 0.3) is 0 Å². The molecule has 0 aliphatic carbocycles. The van der Waals surface area contributed by atoms with Gasteiger partial charge in [0.25, 0.3) is 0 Å². The van der Waals surface area contributed by atoms with Gasteiger partial charge in [0.05, 0.1) is 0 Å². The average molecular weight is 304 g/mol. The highest BCUT2D eigenvalue weighted by Crippen LogP contribution is 2.31. The number of carbonyl (C=O) groups is 2. The topological polar surface area (TPSA) is 37.4 Å². The maximum Gasteiger partial charge on any atom is 0.228 e. The molecule has 1 fully saturated rings. The van der Waals surface area contributed by atoms with E-state index in [1.54, 1.807) is 23.1 Å². The molecule has 96 valence electrons. The quantitative estimate of drug-likeness (QED) is 0.840. The molecule has 1 aromatic rings. The van der Waals surface area contributed by atoms with E-state index in [1.165, 1.54) is 18.7 Å². The zero-order valence-electron chi connectivity index (χ0n) is 9.65. The smallest absolute Gasteiger partial charge is 0.228 e. The zero-order chi connectivity index (χ0) is 13.3. The van der Waals surface area contributed by atoms with Crippen LogP contribution in [-0.2, 0) is 9.59 Å². The molecule has 3 nitrogen and oxygen atoms in total. The first-order valence-electron chi connectivity index (χ1n) is 5.39.